The van der Waals surface area contributed by atoms with Crippen molar-refractivity contribution in [3.8, 4) is 0 Å². The maximum Gasteiger partial charge on any atom is 0.732 e. The average molecular weight is 361 g/mol. The molecule has 0 spiro atoms. The van der Waals surface area contributed by atoms with E-state index in [2.05, 4.69) is 7.94 Å². The van der Waals surface area contributed by atoms with Crippen molar-refractivity contribution in [1.29, 1.82) is 0 Å². The van der Waals surface area contributed by atoms with Gasteiger partial charge in [0, 0.05) is 12.5 Å². The Bertz CT molecular complexity index is 789. The van der Waals surface area contributed by atoms with Gasteiger partial charge in [-0.25, -0.2) is 0 Å². The van der Waals surface area contributed by atoms with E-state index in [1.165, 1.54) is 48.5 Å². The average Bonchev–Trinajstić information content (AvgIpc) is 2.48. The van der Waals surface area contributed by atoms with Gasteiger partial charge in [-0.2, -0.15) is 16.8 Å². The topological polar surface area (TPSA) is 104 Å². The Morgan fingerprint density at radius 1 is 0.636 bits per heavy atom. The van der Waals surface area contributed by atoms with Gasteiger partial charge >= 0.3 is 28.5 Å². The van der Waals surface area contributed by atoms with Gasteiger partial charge in [0.25, 0.3) is 0 Å². The van der Waals surface area contributed by atoms with Gasteiger partial charge in [-0.3, -0.25) is 0 Å². The van der Waals surface area contributed by atoms with Gasteiger partial charge in [0.05, 0.1) is 9.79 Å². The van der Waals surface area contributed by atoms with E-state index >= 15 is 0 Å². The van der Waals surface area contributed by atoms with Crippen LogP contribution in [0.15, 0.2) is 70.5 Å². The maximum atomic E-state index is 11.8. The molecule has 0 amide bonds. The summed E-state index contributed by atoms with van der Waals surface area (Å²) >= 11 is 0. The van der Waals surface area contributed by atoms with E-state index in [0.717, 1.165) is 0 Å². The molecule has 0 radical (unpaired) electrons. The van der Waals surface area contributed by atoms with Crippen molar-refractivity contribution in [1.82, 2.24) is 0 Å². The summed E-state index contributed by atoms with van der Waals surface area (Å²) in [4.78, 5) is -0.530. The minimum atomic E-state index is -4.39. The van der Waals surface area contributed by atoms with E-state index in [-0.39, 0.29) is 9.79 Å². The van der Waals surface area contributed by atoms with Crippen molar-refractivity contribution in [3.05, 3.63) is 60.7 Å². The quantitative estimate of drug-likeness (QED) is 0.728. The third kappa shape index (κ3) is 4.19. The first kappa shape index (κ1) is 16.7. The van der Waals surface area contributed by atoms with Gasteiger partial charge in [0.2, 0.25) is 0 Å². The Kier molecular flexibility index (Phi) is 5.05. The second-order valence-electron chi connectivity index (χ2n) is 3.91. The number of hydrogen-bond donors (Lipinski definition) is 0. The maximum absolute atomic E-state index is 11.8. The minimum absolute atomic E-state index is 0.265. The summed E-state index contributed by atoms with van der Waals surface area (Å²) in [6.45, 7) is 0. The van der Waals surface area contributed by atoms with Gasteiger partial charge in [0.1, 0.15) is 0 Å². The molecular weight excluding hydrogens is 351 g/mol. The Balaban J connectivity index is 2.14. The first-order valence-electron chi connectivity index (χ1n) is 5.78. The Hall–Kier alpha value is -1.64. The van der Waals surface area contributed by atoms with Crippen LogP contribution in [0, 0.1) is 0 Å². The molecule has 2 rings (SSSR count). The van der Waals surface area contributed by atoms with Crippen LogP contribution in [0.5, 0.6) is 0 Å². The van der Waals surface area contributed by atoms with Gasteiger partial charge in [-0.15, -0.1) is 0 Å². The minimum Gasteiger partial charge on any atom is -0.190 e. The fourth-order valence-electron chi connectivity index (χ4n) is 1.43. The first-order chi connectivity index (χ1) is 10.3. The van der Waals surface area contributed by atoms with Gasteiger partial charge in [-0.05, 0) is 24.3 Å². The summed E-state index contributed by atoms with van der Waals surface area (Å²) in [5, 5.41) is 0. The highest BCUT2D eigenvalue weighted by atomic mass is 32.2. The van der Waals surface area contributed by atoms with Gasteiger partial charge in [0.15, 0.2) is 0 Å². The molecular formula is C12H10O7PS2+. The summed E-state index contributed by atoms with van der Waals surface area (Å²) in [7, 11) is -12.2. The lowest BCUT2D eigenvalue weighted by Crippen LogP contribution is -2.05. The fourth-order valence-corrected chi connectivity index (χ4v) is 4.71. The zero-order chi connectivity index (χ0) is 16.2. The Morgan fingerprint density at radius 3 is 1.27 bits per heavy atom. The van der Waals surface area contributed by atoms with E-state index in [1.54, 1.807) is 12.1 Å². The van der Waals surface area contributed by atoms with Crippen molar-refractivity contribution in [2.24, 2.45) is 0 Å². The highest BCUT2D eigenvalue weighted by molar-refractivity contribution is 7.92. The van der Waals surface area contributed by atoms with E-state index in [9.17, 15) is 21.4 Å². The van der Waals surface area contributed by atoms with Crippen LogP contribution in [0.2, 0.25) is 0 Å². The summed E-state index contributed by atoms with van der Waals surface area (Å²) in [5.74, 6) is 0. The zero-order valence-corrected chi connectivity index (χ0v) is 13.4. The third-order valence-electron chi connectivity index (χ3n) is 2.38. The summed E-state index contributed by atoms with van der Waals surface area (Å²) in [6, 6.07) is 13.7. The highest BCUT2D eigenvalue weighted by Gasteiger charge is 2.39. The normalized spacial score (nSPS) is 12.0. The summed E-state index contributed by atoms with van der Waals surface area (Å²) in [5.41, 5.74) is 0. The molecule has 0 atom stereocenters. The Labute approximate surface area is 128 Å². The Morgan fingerprint density at radius 2 is 0.955 bits per heavy atom. The molecule has 0 saturated carbocycles. The van der Waals surface area contributed by atoms with E-state index in [4.69, 9.17) is 0 Å². The lowest BCUT2D eigenvalue weighted by Gasteiger charge is -1.97. The molecule has 116 valence electrons. The van der Waals surface area contributed by atoms with Crippen LogP contribution in [-0.2, 0) is 32.7 Å². The van der Waals surface area contributed by atoms with E-state index in [0.29, 0.717) is 0 Å². The number of benzene rings is 2. The molecule has 0 saturated heterocycles. The SMILES string of the molecule is O=[P+](OS(=O)(=O)c1ccccc1)OS(=O)(=O)c1ccccc1. The van der Waals surface area contributed by atoms with Crippen molar-refractivity contribution in [2.45, 2.75) is 9.79 Å². The van der Waals surface area contributed by atoms with Gasteiger partial charge in [-0.1, -0.05) is 36.4 Å². The van der Waals surface area contributed by atoms with Crippen molar-refractivity contribution < 1.29 is 29.3 Å². The molecule has 0 aliphatic heterocycles. The van der Waals surface area contributed by atoms with Crippen LogP contribution in [-0.4, -0.2) is 16.8 Å². The molecule has 2 aromatic rings. The predicted molar refractivity (Wildman–Crippen MR) is 77.0 cm³/mol. The van der Waals surface area contributed by atoms with Crippen molar-refractivity contribution >= 4 is 28.5 Å². The first-order valence-corrected chi connectivity index (χ1v) is 9.69. The molecule has 2 aromatic carbocycles. The molecule has 0 bridgehead atoms. The molecule has 10 heteroatoms. The van der Waals surface area contributed by atoms with Crippen LogP contribution in [0.3, 0.4) is 0 Å². The van der Waals surface area contributed by atoms with Crippen LogP contribution in [0.1, 0.15) is 0 Å². The molecule has 0 aromatic heterocycles. The molecule has 0 unspecified atom stereocenters. The predicted octanol–water partition coefficient (Wildman–Crippen LogP) is 2.45. The van der Waals surface area contributed by atoms with Crippen LogP contribution >= 0.6 is 8.25 Å². The van der Waals surface area contributed by atoms with Crippen LogP contribution < -0.4 is 0 Å². The molecule has 0 aliphatic carbocycles. The molecule has 0 aliphatic rings. The highest BCUT2D eigenvalue weighted by Crippen LogP contribution is 2.34. The van der Waals surface area contributed by atoms with Crippen LogP contribution in [0.4, 0.5) is 0 Å². The molecule has 0 heterocycles. The smallest absolute Gasteiger partial charge is 0.190 e. The van der Waals surface area contributed by atoms with E-state index < -0.39 is 28.5 Å². The van der Waals surface area contributed by atoms with Crippen molar-refractivity contribution in [2.75, 3.05) is 0 Å². The molecule has 0 fully saturated rings. The largest absolute Gasteiger partial charge is 0.732 e. The second kappa shape index (κ2) is 6.64. The van der Waals surface area contributed by atoms with Crippen LogP contribution in [0.25, 0.3) is 0 Å². The van der Waals surface area contributed by atoms with Gasteiger partial charge < -0.3 is 0 Å². The lowest BCUT2D eigenvalue weighted by atomic mass is 10.4. The number of hydrogen-bond acceptors (Lipinski definition) is 7. The second-order valence-corrected chi connectivity index (χ2v) is 8.31. The fraction of sp³-hybridized carbons (Fsp3) is 0. The zero-order valence-electron chi connectivity index (χ0n) is 10.9. The number of rotatable bonds is 6. The van der Waals surface area contributed by atoms with E-state index in [1.807, 2.05) is 0 Å². The monoisotopic (exact) mass is 361 g/mol. The third-order valence-corrected chi connectivity index (χ3v) is 6.62. The lowest BCUT2D eigenvalue weighted by molar-refractivity contribution is 0.404. The molecule has 7 nitrogen and oxygen atoms in total. The standard InChI is InChI=1S/C12H10O7PS2/c13-20(18-21(14,15)11-7-3-1-4-8-11)19-22(16,17)12-9-5-2-6-10-12/h1-10H/q+1. The molecule has 22 heavy (non-hydrogen) atoms. The summed E-state index contributed by atoms with van der Waals surface area (Å²) in [6.07, 6.45) is 0. The van der Waals surface area contributed by atoms with Crippen molar-refractivity contribution in [3.63, 3.8) is 0 Å². The summed E-state index contributed by atoms with van der Waals surface area (Å²) < 4.78 is 67.2. The molecule has 0 N–H and O–H groups in total.